The highest BCUT2D eigenvalue weighted by atomic mass is 16.5. The molecule has 2 rings (SSSR count). The lowest BCUT2D eigenvalue weighted by Crippen LogP contribution is -2.35. The molecule has 1 aromatic heterocycles. The lowest BCUT2D eigenvalue weighted by molar-refractivity contribution is -0.122. The summed E-state index contributed by atoms with van der Waals surface area (Å²) in [6.07, 6.45) is 3.67. The van der Waals surface area contributed by atoms with E-state index >= 15 is 0 Å². The predicted octanol–water partition coefficient (Wildman–Crippen LogP) is 1.26. The lowest BCUT2D eigenvalue weighted by Gasteiger charge is -2.18. The summed E-state index contributed by atoms with van der Waals surface area (Å²) in [6.45, 7) is 2.49. The molecular formula is C12H13N3O2. The Hall–Kier alpha value is -1.93. The fourth-order valence-electron chi connectivity index (χ4n) is 1.72. The number of amides is 1. The molecule has 1 saturated heterocycles. The highest BCUT2D eigenvalue weighted by Gasteiger charge is 2.42. The Morgan fingerprint density at radius 2 is 2.53 bits per heavy atom. The van der Waals surface area contributed by atoms with E-state index in [0.29, 0.717) is 18.7 Å². The second-order valence-electron chi connectivity index (χ2n) is 4.14. The highest BCUT2D eigenvalue weighted by Crippen LogP contribution is 2.29. The number of nitriles is 1. The van der Waals surface area contributed by atoms with Crippen LogP contribution in [0.5, 0.6) is 0 Å². The molecule has 1 amide bonds. The van der Waals surface area contributed by atoms with Crippen molar-refractivity contribution in [1.82, 2.24) is 4.98 Å². The van der Waals surface area contributed by atoms with Crippen LogP contribution in [0.3, 0.4) is 0 Å². The van der Waals surface area contributed by atoms with Gasteiger partial charge >= 0.3 is 0 Å². The van der Waals surface area contributed by atoms with Crippen molar-refractivity contribution in [2.75, 3.05) is 18.5 Å². The minimum absolute atomic E-state index is 0.161. The third kappa shape index (κ3) is 2.12. The van der Waals surface area contributed by atoms with Crippen molar-refractivity contribution in [2.45, 2.75) is 13.3 Å². The second kappa shape index (κ2) is 4.52. The van der Waals surface area contributed by atoms with Gasteiger partial charge in [-0.25, -0.2) is 0 Å². The number of carbonyl (C=O) groups is 1. The van der Waals surface area contributed by atoms with Gasteiger partial charge in [-0.15, -0.1) is 0 Å². The Kier molecular flexibility index (Phi) is 3.07. The first-order valence-electron chi connectivity index (χ1n) is 5.39. The van der Waals surface area contributed by atoms with Gasteiger partial charge in [-0.2, -0.15) is 5.26 Å². The molecule has 1 unspecified atom stereocenters. The standard InChI is InChI=1S/C12H13N3O2/c1-9-2-4-14-6-10(9)15-11(16)12(7-13)3-5-17-8-12/h2,4,6H,3,5,8H2,1H3,(H,15,16). The number of aromatic nitrogens is 1. The first kappa shape index (κ1) is 11.6. The summed E-state index contributed by atoms with van der Waals surface area (Å²) in [5, 5.41) is 11.9. The van der Waals surface area contributed by atoms with Crippen LogP contribution in [-0.2, 0) is 9.53 Å². The van der Waals surface area contributed by atoms with Gasteiger partial charge in [0.25, 0.3) is 0 Å². The third-order valence-corrected chi connectivity index (χ3v) is 2.96. The van der Waals surface area contributed by atoms with Gasteiger partial charge < -0.3 is 10.1 Å². The van der Waals surface area contributed by atoms with Crippen LogP contribution < -0.4 is 5.32 Å². The van der Waals surface area contributed by atoms with Crippen LogP contribution in [-0.4, -0.2) is 24.1 Å². The smallest absolute Gasteiger partial charge is 0.247 e. The summed E-state index contributed by atoms with van der Waals surface area (Å²) in [6, 6.07) is 3.86. The van der Waals surface area contributed by atoms with Crippen LogP contribution in [0.25, 0.3) is 0 Å². The van der Waals surface area contributed by atoms with Crippen LogP contribution in [0, 0.1) is 23.7 Å². The van der Waals surface area contributed by atoms with Gasteiger partial charge in [0, 0.05) is 19.2 Å². The minimum Gasteiger partial charge on any atom is -0.379 e. The summed E-state index contributed by atoms with van der Waals surface area (Å²) in [5.41, 5.74) is 0.502. The first-order valence-corrected chi connectivity index (χ1v) is 5.39. The number of nitrogens with zero attached hydrogens (tertiary/aromatic N) is 2. The molecule has 0 aromatic carbocycles. The number of anilines is 1. The maximum Gasteiger partial charge on any atom is 0.247 e. The highest BCUT2D eigenvalue weighted by molar-refractivity contribution is 5.97. The Morgan fingerprint density at radius 1 is 1.71 bits per heavy atom. The van der Waals surface area contributed by atoms with Gasteiger partial charge in [-0.1, -0.05) is 0 Å². The van der Waals surface area contributed by atoms with Crippen molar-refractivity contribution in [3.8, 4) is 6.07 Å². The fourth-order valence-corrected chi connectivity index (χ4v) is 1.72. The molecule has 88 valence electrons. The summed E-state index contributed by atoms with van der Waals surface area (Å²) in [4.78, 5) is 16.0. The molecule has 0 saturated carbocycles. The topological polar surface area (TPSA) is 75.0 Å². The van der Waals surface area contributed by atoms with Crippen molar-refractivity contribution < 1.29 is 9.53 Å². The van der Waals surface area contributed by atoms with Gasteiger partial charge in [-0.3, -0.25) is 9.78 Å². The van der Waals surface area contributed by atoms with Crippen LogP contribution in [0.4, 0.5) is 5.69 Å². The van der Waals surface area contributed by atoms with E-state index in [1.54, 1.807) is 18.5 Å². The maximum absolute atomic E-state index is 12.1. The van der Waals surface area contributed by atoms with Gasteiger partial charge in [0.15, 0.2) is 5.41 Å². The molecule has 2 heterocycles. The van der Waals surface area contributed by atoms with Gasteiger partial charge in [0.05, 0.1) is 24.6 Å². The number of hydrogen-bond acceptors (Lipinski definition) is 4. The Morgan fingerprint density at radius 3 is 3.12 bits per heavy atom. The Balaban J connectivity index is 2.17. The number of rotatable bonds is 2. The molecule has 1 fully saturated rings. The molecule has 17 heavy (non-hydrogen) atoms. The normalized spacial score (nSPS) is 23.1. The third-order valence-electron chi connectivity index (χ3n) is 2.96. The average Bonchev–Trinajstić information content (AvgIpc) is 2.82. The molecule has 5 nitrogen and oxygen atoms in total. The number of hydrogen-bond donors (Lipinski definition) is 1. The zero-order valence-electron chi connectivity index (χ0n) is 9.56. The molecule has 1 aromatic rings. The zero-order valence-corrected chi connectivity index (χ0v) is 9.56. The van der Waals surface area contributed by atoms with E-state index in [1.807, 2.05) is 6.92 Å². The Labute approximate surface area is 99.4 Å². The molecule has 1 N–H and O–H groups in total. The van der Waals surface area contributed by atoms with Gasteiger partial charge in [0.2, 0.25) is 5.91 Å². The molecule has 1 aliphatic heterocycles. The lowest BCUT2D eigenvalue weighted by atomic mass is 9.88. The van der Waals surface area contributed by atoms with E-state index in [2.05, 4.69) is 16.4 Å². The number of pyridine rings is 1. The molecular weight excluding hydrogens is 218 g/mol. The molecule has 0 bridgehead atoms. The van der Waals surface area contributed by atoms with E-state index < -0.39 is 5.41 Å². The quantitative estimate of drug-likeness (QED) is 0.831. The number of nitrogens with one attached hydrogen (secondary N) is 1. The summed E-state index contributed by atoms with van der Waals surface area (Å²) >= 11 is 0. The van der Waals surface area contributed by atoms with Crippen molar-refractivity contribution in [2.24, 2.45) is 5.41 Å². The van der Waals surface area contributed by atoms with E-state index in [-0.39, 0.29) is 12.5 Å². The van der Waals surface area contributed by atoms with E-state index in [1.165, 1.54) is 0 Å². The predicted molar refractivity (Wildman–Crippen MR) is 61.1 cm³/mol. The average molecular weight is 231 g/mol. The van der Waals surface area contributed by atoms with Crippen LogP contribution in [0.1, 0.15) is 12.0 Å². The molecule has 5 heteroatoms. The van der Waals surface area contributed by atoms with Crippen LogP contribution in [0.15, 0.2) is 18.5 Å². The van der Waals surface area contributed by atoms with E-state index in [9.17, 15) is 4.79 Å². The van der Waals surface area contributed by atoms with Crippen molar-refractivity contribution in [3.05, 3.63) is 24.0 Å². The fraction of sp³-hybridized carbons (Fsp3) is 0.417. The van der Waals surface area contributed by atoms with Crippen molar-refractivity contribution in [3.63, 3.8) is 0 Å². The molecule has 0 aliphatic carbocycles. The second-order valence-corrected chi connectivity index (χ2v) is 4.14. The summed E-state index contributed by atoms with van der Waals surface area (Å²) in [5.74, 6) is -0.311. The number of ether oxygens (including phenoxy) is 1. The van der Waals surface area contributed by atoms with Crippen LogP contribution in [0.2, 0.25) is 0 Å². The maximum atomic E-state index is 12.1. The monoisotopic (exact) mass is 231 g/mol. The molecule has 0 spiro atoms. The first-order chi connectivity index (χ1) is 8.18. The van der Waals surface area contributed by atoms with E-state index in [4.69, 9.17) is 10.00 Å². The minimum atomic E-state index is -1.05. The summed E-state index contributed by atoms with van der Waals surface area (Å²) < 4.78 is 5.14. The van der Waals surface area contributed by atoms with Crippen molar-refractivity contribution in [1.29, 1.82) is 5.26 Å². The SMILES string of the molecule is Cc1ccncc1NC(=O)C1(C#N)CCOC1. The zero-order chi connectivity index (χ0) is 12.3. The Bertz CT molecular complexity index is 473. The largest absolute Gasteiger partial charge is 0.379 e. The van der Waals surface area contributed by atoms with Gasteiger partial charge in [-0.05, 0) is 18.6 Å². The van der Waals surface area contributed by atoms with Crippen LogP contribution >= 0.6 is 0 Å². The molecule has 0 radical (unpaired) electrons. The van der Waals surface area contributed by atoms with Gasteiger partial charge in [0.1, 0.15) is 0 Å². The van der Waals surface area contributed by atoms with Crippen molar-refractivity contribution >= 4 is 11.6 Å². The number of carbonyl (C=O) groups excluding carboxylic acids is 1. The molecule has 1 aliphatic rings. The molecule has 1 atom stereocenters. The summed E-state index contributed by atoms with van der Waals surface area (Å²) in [7, 11) is 0. The van der Waals surface area contributed by atoms with E-state index in [0.717, 1.165) is 5.56 Å². The number of aryl methyl sites for hydroxylation is 1.